The molecule has 2 amide bonds. The average molecular weight is 382 g/mol. The minimum atomic E-state index is -0.179. The van der Waals surface area contributed by atoms with Gasteiger partial charge in [-0.1, -0.05) is 5.16 Å². The SMILES string of the molecule is COc1ccc(-n2cnnc2)cc1NC(=O)N1CCCC1c1c(C)noc1C. The van der Waals surface area contributed by atoms with Gasteiger partial charge in [-0.2, -0.15) is 0 Å². The van der Waals surface area contributed by atoms with Crippen molar-refractivity contribution in [3.05, 3.63) is 47.9 Å². The number of hydrogen-bond donors (Lipinski definition) is 1. The van der Waals surface area contributed by atoms with E-state index in [-0.39, 0.29) is 12.1 Å². The lowest BCUT2D eigenvalue weighted by Gasteiger charge is -2.25. The van der Waals surface area contributed by atoms with Crippen LogP contribution in [0.3, 0.4) is 0 Å². The van der Waals surface area contributed by atoms with Crippen LogP contribution in [-0.4, -0.2) is 44.5 Å². The molecule has 3 aromatic rings. The molecule has 0 spiro atoms. The number of aryl methyl sites for hydroxylation is 2. The molecule has 9 nitrogen and oxygen atoms in total. The summed E-state index contributed by atoms with van der Waals surface area (Å²) in [6, 6.07) is 5.29. The van der Waals surface area contributed by atoms with Gasteiger partial charge >= 0.3 is 6.03 Å². The van der Waals surface area contributed by atoms with Crippen LogP contribution >= 0.6 is 0 Å². The van der Waals surface area contributed by atoms with Crippen molar-refractivity contribution in [2.45, 2.75) is 32.7 Å². The number of aromatic nitrogens is 4. The Morgan fingerprint density at radius 3 is 2.75 bits per heavy atom. The van der Waals surface area contributed by atoms with Crippen molar-refractivity contribution in [3.8, 4) is 11.4 Å². The number of methoxy groups -OCH3 is 1. The Morgan fingerprint density at radius 2 is 2.07 bits per heavy atom. The summed E-state index contributed by atoms with van der Waals surface area (Å²) in [6.07, 6.45) is 5.01. The molecule has 146 valence electrons. The molecule has 1 aliphatic rings. The van der Waals surface area contributed by atoms with Gasteiger partial charge in [0.1, 0.15) is 24.2 Å². The van der Waals surface area contributed by atoms with Crippen molar-refractivity contribution in [3.63, 3.8) is 0 Å². The molecule has 1 aliphatic heterocycles. The molecule has 2 aromatic heterocycles. The number of urea groups is 1. The van der Waals surface area contributed by atoms with E-state index in [1.165, 1.54) is 0 Å². The molecule has 1 N–H and O–H groups in total. The summed E-state index contributed by atoms with van der Waals surface area (Å²) in [7, 11) is 1.58. The first kappa shape index (κ1) is 18.0. The maximum absolute atomic E-state index is 13.1. The van der Waals surface area contributed by atoms with Gasteiger partial charge in [0.25, 0.3) is 0 Å². The molecule has 3 heterocycles. The van der Waals surface area contributed by atoms with Crippen LogP contribution in [0, 0.1) is 13.8 Å². The van der Waals surface area contributed by atoms with E-state index >= 15 is 0 Å². The highest BCUT2D eigenvalue weighted by Gasteiger charge is 2.34. The second-order valence-electron chi connectivity index (χ2n) is 6.77. The van der Waals surface area contributed by atoms with Gasteiger partial charge in [0.2, 0.25) is 0 Å². The second kappa shape index (κ2) is 7.34. The second-order valence-corrected chi connectivity index (χ2v) is 6.77. The first-order valence-electron chi connectivity index (χ1n) is 9.12. The number of hydrogen-bond acceptors (Lipinski definition) is 6. The number of nitrogens with zero attached hydrogens (tertiary/aromatic N) is 5. The Hall–Kier alpha value is -3.36. The molecular weight excluding hydrogens is 360 g/mol. The monoisotopic (exact) mass is 382 g/mol. The number of likely N-dealkylation sites (tertiary alicyclic amines) is 1. The fourth-order valence-corrected chi connectivity index (χ4v) is 3.75. The zero-order valence-electron chi connectivity index (χ0n) is 16.0. The predicted molar refractivity (Wildman–Crippen MR) is 102 cm³/mol. The standard InChI is InChI=1S/C19H22N6O3/c1-12-18(13(2)28-23-12)16-5-4-8-25(16)19(26)22-15-9-14(6-7-17(15)27-3)24-10-20-21-11-24/h6-7,9-11,16H,4-5,8H2,1-3H3,(H,22,26). The van der Waals surface area contributed by atoms with Crippen LogP contribution in [0.4, 0.5) is 10.5 Å². The van der Waals surface area contributed by atoms with Crippen LogP contribution in [0.1, 0.15) is 35.9 Å². The fourth-order valence-electron chi connectivity index (χ4n) is 3.75. The molecule has 1 saturated heterocycles. The topological polar surface area (TPSA) is 98.3 Å². The summed E-state index contributed by atoms with van der Waals surface area (Å²) in [5.74, 6) is 1.34. The van der Waals surface area contributed by atoms with E-state index in [0.29, 0.717) is 18.0 Å². The Kier molecular flexibility index (Phi) is 4.72. The Morgan fingerprint density at radius 1 is 1.29 bits per heavy atom. The van der Waals surface area contributed by atoms with E-state index < -0.39 is 0 Å². The molecule has 4 rings (SSSR count). The third-order valence-corrected chi connectivity index (χ3v) is 5.08. The van der Waals surface area contributed by atoms with E-state index in [2.05, 4.69) is 20.7 Å². The average Bonchev–Trinajstić information content (AvgIpc) is 3.43. The zero-order chi connectivity index (χ0) is 19.7. The normalized spacial score (nSPS) is 16.4. The highest BCUT2D eigenvalue weighted by atomic mass is 16.5. The molecule has 1 aromatic carbocycles. The first-order chi connectivity index (χ1) is 13.6. The quantitative estimate of drug-likeness (QED) is 0.744. The predicted octanol–water partition coefficient (Wildman–Crippen LogP) is 3.25. The number of carbonyl (C=O) groups excluding carboxylic acids is 1. The minimum Gasteiger partial charge on any atom is -0.495 e. The van der Waals surface area contributed by atoms with Crippen LogP contribution in [0.25, 0.3) is 5.69 Å². The van der Waals surface area contributed by atoms with E-state index in [1.54, 1.807) is 30.4 Å². The molecule has 1 atom stereocenters. The Bertz CT molecular complexity index is 962. The summed E-state index contributed by atoms with van der Waals surface area (Å²) < 4.78 is 12.5. The van der Waals surface area contributed by atoms with Crippen LogP contribution in [0.5, 0.6) is 5.75 Å². The van der Waals surface area contributed by atoms with Crippen LogP contribution in [-0.2, 0) is 0 Å². The molecule has 0 saturated carbocycles. The van der Waals surface area contributed by atoms with E-state index in [1.807, 2.05) is 30.9 Å². The molecule has 0 aliphatic carbocycles. The number of rotatable bonds is 4. The lowest BCUT2D eigenvalue weighted by molar-refractivity contribution is 0.206. The van der Waals surface area contributed by atoms with Crippen molar-refractivity contribution in [1.82, 2.24) is 24.8 Å². The van der Waals surface area contributed by atoms with Gasteiger partial charge in [0, 0.05) is 12.1 Å². The maximum atomic E-state index is 13.1. The van der Waals surface area contributed by atoms with Gasteiger partial charge in [-0.05, 0) is 44.9 Å². The highest BCUT2D eigenvalue weighted by Crippen LogP contribution is 2.36. The highest BCUT2D eigenvalue weighted by molar-refractivity contribution is 5.92. The molecule has 9 heteroatoms. The van der Waals surface area contributed by atoms with Gasteiger partial charge < -0.3 is 19.5 Å². The molecule has 28 heavy (non-hydrogen) atoms. The summed E-state index contributed by atoms with van der Waals surface area (Å²) in [5.41, 5.74) is 3.24. The Balaban J connectivity index is 1.60. The summed E-state index contributed by atoms with van der Waals surface area (Å²) >= 11 is 0. The molecule has 1 fully saturated rings. The summed E-state index contributed by atoms with van der Waals surface area (Å²) in [4.78, 5) is 14.9. The number of amides is 2. The van der Waals surface area contributed by atoms with E-state index in [4.69, 9.17) is 9.26 Å². The number of nitrogens with one attached hydrogen (secondary N) is 1. The fraction of sp³-hybridized carbons (Fsp3) is 0.368. The van der Waals surface area contributed by atoms with Crippen molar-refractivity contribution in [2.24, 2.45) is 0 Å². The summed E-state index contributed by atoms with van der Waals surface area (Å²) in [6.45, 7) is 4.47. The largest absolute Gasteiger partial charge is 0.495 e. The van der Waals surface area contributed by atoms with Crippen LogP contribution < -0.4 is 10.1 Å². The Labute approximate surface area is 162 Å². The molecule has 0 bridgehead atoms. The van der Waals surface area contributed by atoms with Gasteiger partial charge in [-0.3, -0.25) is 4.57 Å². The van der Waals surface area contributed by atoms with Gasteiger partial charge in [0.05, 0.1) is 30.2 Å². The molecule has 0 radical (unpaired) electrons. The van der Waals surface area contributed by atoms with Gasteiger partial charge in [-0.25, -0.2) is 4.79 Å². The number of anilines is 1. The number of carbonyl (C=O) groups is 1. The van der Waals surface area contributed by atoms with Crippen molar-refractivity contribution in [1.29, 1.82) is 0 Å². The van der Waals surface area contributed by atoms with Gasteiger partial charge in [0.15, 0.2) is 0 Å². The first-order valence-corrected chi connectivity index (χ1v) is 9.12. The maximum Gasteiger partial charge on any atom is 0.322 e. The lowest BCUT2D eigenvalue weighted by atomic mass is 10.0. The van der Waals surface area contributed by atoms with Crippen molar-refractivity contribution < 1.29 is 14.1 Å². The van der Waals surface area contributed by atoms with Gasteiger partial charge in [-0.15, -0.1) is 10.2 Å². The third kappa shape index (κ3) is 3.19. The smallest absolute Gasteiger partial charge is 0.322 e. The van der Waals surface area contributed by atoms with Crippen molar-refractivity contribution in [2.75, 3.05) is 19.0 Å². The zero-order valence-corrected chi connectivity index (χ0v) is 16.0. The van der Waals surface area contributed by atoms with Crippen LogP contribution in [0.2, 0.25) is 0 Å². The molecular formula is C19H22N6O3. The molecule has 1 unspecified atom stereocenters. The van der Waals surface area contributed by atoms with E-state index in [9.17, 15) is 4.79 Å². The van der Waals surface area contributed by atoms with Crippen LogP contribution in [0.15, 0.2) is 35.4 Å². The summed E-state index contributed by atoms with van der Waals surface area (Å²) in [5, 5.41) is 14.7. The van der Waals surface area contributed by atoms with E-state index in [0.717, 1.165) is 35.5 Å². The van der Waals surface area contributed by atoms with Crippen molar-refractivity contribution >= 4 is 11.7 Å². The lowest BCUT2D eigenvalue weighted by Crippen LogP contribution is -2.35. The third-order valence-electron chi connectivity index (χ3n) is 5.08. The number of ether oxygens (including phenoxy) is 1. The number of benzene rings is 1. The minimum absolute atomic E-state index is 0.0433.